The highest BCUT2D eigenvalue weighted by Crippen LogP contribution is 2.48. The summed E-state index contributed by atoms with van der Waals surface area (Å²) >= 11 is 0. The minimum absolute atomic E-state index is 0.00116. The molecule has 0 aliphatic carbocycles. The van der Waals surface area contributed by atoms with Gasteiger partial charge in [-0.2, -0.15) is 0 Å². The molecule has 8 heteroatoms. The molecule has 3 heterocycles. The average molecular weight is 592 g/mol. The number of anilines is 2. The van der Waals surface area contributed by atoms with Crippen LogP contribution in [0.1, 0.15) is 36.8 Å². The van der Waals surface area contributed by atoms with Crippen molar-refractivity contribution in [1.82, 2.24) is 4.90 Å². The predicted octanol–water partition coefficient (Wildman–Crippen LogP) is 6.12. The van der Waals surface area contributed by atoms with Crippen LogP contribution in [0.25, 0.3) is 21.9 Å². The van der Waals surface area contributed by atoms with E-state index < -0.39 is 6.09 Å². The van der Waals surface area contributed by atoms with E-state index in [0.717, 1.165) is 51.6 Å². The number of ether oxygens (including phenoxy) is 2. The van der Waals surface area contributed by atoms with Gasteiger partial charge in [-0.05, 0) is 71.6 Å². The van der Waals surface area contributed by atoms with Crippen LogP contribution >= 0.6 is 0 Å². The van der Waals surface area contributed by atoms with E-state index in [-0.39, 0.29) is 18.6 Å². The number of likely N-dealkylation sites (N-methyl/N-ethyl adjacent to an activating group) is 1. The summed E-state index contributed by atoms with van der Waals surface area (Å²) in [5.74, 6) is -0.0470. The molecular formula is C36H37N3O5. The molecule has 4 aromatic rings. The molecule has 4 aromatic carbocycles. The third-order valence-corrected chi connectivity index (χ3v) is 9.29. The molecule has 0 saturated carbocycles. The fourth-order valence-corrected chi connectivity index (χ4v) is 6.96. The van der Waals surface area contributed by atoms with Gasteiger partial charge >= 0.3 is 6.09 Å². The number of aliphatic hydroxyl groups is 1. The van der Waals surface area contributed by atoms with E-state index in [2.05, 4.69) is 28.6 Å². The highest BCUT2D eigenvalue weighted by molar-refractivity contribution is 5.95. The monoisotopic (exact) mass is 591 g/mol. The van der Waals surface area contributed by atoms with Gasteiger partial charge in [0.15, 0.2) is 0 Å². The number of carbonyl (C=O) groups excluding carboxylic acids is 2. The quantitative estimate of drug-likeness (QED) is 0.203. The number of aryl methyl sites for hydroxylation is 1. The summed E-state index contributed by atoms with van der Waals surface area (Å²) in [6.07, 6.45) is 3.32. The Labute approximate surface area is 257 Å². The minimum Gasteiger partial charge on any atom is -0.446 e. The largest absolute Gasteiger partial charge is 0.446 e. The molecular weight excluding hydrogens is 554 g/mol. The van der Waals surface area contributed by atoms with Crippen LogP contribution in [0.15, 0.2) is 84.9 Å². The Morgan fingerprint density at radius 3 is 2.39 bits per heavy atom. The van der Waals surface area contributed by atoms with Gasteiger partial charge in [0.25, 0.3) is 0 Å². The number of carbonyl (C=O) groups is 2. The summed E-state index contributed by atoms with van der Waals surface area (Å²) in [5.41, 5.74) is 5.27. The first-order chi connectivity index (χ1) is 21.4. The van der Waals surface area contributed by atoms with Crippen molar-refractivity contribution in [2.24, 2.45) is 0 Å². The maximum atomic E-state index is 13.1. The second kappa shape index (κ2) is 12.0. The molecule has 3 N–H and O–H groups in total. The highest BCUT2D eigenvalue weighted by Gasteiger charge is 2.62. The van der Waals surface area contributed by atoms with Crippen LogP contribution in [0, 0.1) is 0 Å². The number of epoxide rings is 1. The van der Waals surface area contributed by atoms with E-state index >= 15 is 0 Å². The number of hydrogen-bond donors (Lipinski definition) is 3. The molecule has 7 rings (SSSR count). The first-order valence-electron chi connectivity index (χ1n) is 15.4. The SMILES string of the molecule is CN1[C@H]2CC(OC(=O)Nc3cc(CCCC(=O)Nc4ccc5cc(CO)ccc5c4)ccc3-c3ccccc3)C[C@H]1[C@H]1O[C@H]12. The van der Waals surface area contributed by atoms with Crippen LogP contribution in [0.4, 0.5) is 16.2 Å². The van der Waals surface area contributed by atoms with Crippen LogP contribution < -0.4 is 10.6 Å². The number of piperidine rings is 1. The molecule has 3 fully saturated rings. The second-order valence-corrected chi connectivity index (χ2v) is 12.2. The lowest BCUT2D eigenvalue weighted by atomic mass is 9.99. The van der Waals surface area contributed by atoms with Gasteiger partial charge in [-0.15, -0.1) is 0 Å². The Bertz CT molecular complexity index is 1670. The van der Waals surface area contributed by atoms with Crippen molar-refractivity contribution in [1.29, 1.82) is 0 Å². The van der Waals surface area contributed by atoms with Crippen molar-refractivity contribution in [2.75, 3.05) is 17.7 Å². The first-order valence-corrected chi connectivity index (χ1v) is 15.4. The third-order valence-electron chi connectivity index (χ3n) is 9.29. The number of fused-ring (bicyclic) bond motifs is 6. The molecule has 3 aliphatic heterocycles. The first kappa shape index (κ1) is 28.5. The van der Waals surface area contributed by atoms with Gasteiger partial charge in [0, 0.05) is 42.6 Å². The van der Waals surface area contributed by atoms with Gasteiger partial charge in [-0.25, -0.2) is 4.79 Å². The van der Waals surface area contributed by atoms with Gasteiger partial charge in [0.05, 0.1) is 12.3 Å². The number of nitrogens with zero attached hydrogens (tertiary/aromatic N) is 1. The molecule has 8 nitrogen and oxygen atoms in total. The lowest BCUT2D eigenvalue weighted by Crippen LogP contribution is -2.48. The van der Waals surface area contributed by atoms with Gasteiger partial charge < -0.3 is 19.9 Å². The summed E-state index contributed by atoms with van der Waals surface area (Å²) in [7, 11) is 2.14. The van der Waals surface area contributed by atoms with E-state index in [1.807, 2.05) is 78.9 Å². The minimum atomic E-state index is -0.440. The zero-order valence-electron chi connectivity index (χ0n) is 24.7. The Kier molecular flexibility index (Phi) is 7.80. The van der Waals surface area contributed by atoms with E-state index in [4.69, 9.17) is 9.47 Å². The Balaban J connectivity index is 0.978. The van der Waals surface area contributed by atoms with Crippen LogP contribution in [0.2, 0.25) is 0 Å². The number of morpholine rings is 1. The number of benzene rings is 4. The Morgan fingerprint density at radius 1 is 0.886 bits per heavy atom. The molecule has 3 saturated heterocycles. The lowest BCUT2D eigenvalue weighted by Gasteiger charge is -2.37. The molecule has 0 aromatic heterocycles. The summed E-state index contributed by atoms with van der Waals surface area (Å²) in [6.45, 7) is 0.00116. The maximum Gasteiger partial charge on any atom is 0.411 e. The van der Waals surface area contributed by atoms with E-state index in [1.165, 1.54) is 0 Å². The lowest BCUT2D eigenvalue weighted by molar-refractivity contribution is -0.116. The van der Waals surface area contributed by atoms with Crippen LogP contribution in [-0.4, -0.2) is 59.5 Å². The number of rotatable bonds is 9. The van der Waals surface area contributed by atoms with Crippen molar-refractivity contribution in [3.05, 3.63) is 96.1 Å². The van der Waals surface area contributed by atoms with E-state index in [0.29, 0.717) is 49.2 Å². The molecule has 44 heavy (non-hydrogen) atoms. The Morgan fingerprint density at radius 2 is 1.61 bits per heavy atom. The van der Waals surface area contributed by atoms with Gasteiger partial charge in [-0.3, -0.25) is 15.0 Å². The second-order valence-electron chi connectivity index (χ2n) is 12.2. The third kappa shape index (κ3) is 5.93. The molecule has 0 radical (unpaired) electrons. The summed E-state index contributed by atoms with van der Waals surface area (Å²) in [5, 5.41) is 17.4. The highest BCUT2D eigenvalue weighted by atomic mass is 16.6. The number of amides is 2. The van der Waals surface area contributed by atoms with Gasteiger partial charge in [0.1, 0.15) is 18.3 Å². The fraction of sp³-hybridized carbons (Fsp3) is 0.333. The predicted molar refractivity (Wildman–Crippen MR) is 170 cm³/mol. The summed E-state index contributed by atoms with van der Waals surface area (Å²) in [4.78, 5) is 28.3. The zero-order valence-corrected chi connectivity index (χ0v) is 24.7. The smallest absolute Gasteiger partial charge is 0.411 e. The van der Waals surface area contributed by atoms with Crippen molar-refractivity contribution in [3.63, 3.8) is 0 Å². The van der Waals surface area contributed by atoms with Crippen LogP contribution in [0.3, 0.4) is 0 Å². The van der Waals surface area contributed by atoms with E-state index in [1.54, 1.807) is 0 Å². The van der Waals surface area contributed by atoms with E-state index in [9.17, 15) is 14.7 Å². The van der Waals surface area contributed by atoms with Crippen molar-refractivity contribution < 1.29 is 24.2 Å². The zero-order chi connectivity index (χ0) is 30.2. The van der Waals surface area contributed by atoms with Crippen molar-refractivity contribution >= 4 is 34.1 Å². The summed E-state index contributed by atoms with van der Waals surface area (Å²) < 4.78 is 11.7. The standard InChI is InChI=1S/C36H37N3O5/c1-39-31-19-28(20-32(39)35-34(31)44-35)43-36(42)38-30-17-22(11-15-29(30)24-7-3-2-4-8-24)6-5-9-33(41)37-27-14-13-25-16-23(21-40)10-12-26(25)18-27/h2-4,7-8,10-18,28,31-32,34-35,40H,5-6,9,19-21H2,1H3,(H,37,41)(H,38,42)/t28?,31-,32-,34-,35+/m0/s1. The molecule has 1 unspecified atom stereocenters. The molecule has 2 amide bonds. The normalized spacial score (nSPS) is 23.6. The van der Waals surface area contributed by atoms with Gasteiger partial charge in [0.2, 0.25) is 5.91 Å². The topological polar surface area (TPSA) is 103 Å². The molecule has 3 aliphatic rings. The fourth-order valence-electron chi connectivity index (χ4n) is 6.96. The average Bonchev–Trinajstić information content (AvgIpc) is 3.80. The Hall–Kier alpha value is -4.24. The van der Waals surface area contributed by atoms with Crippen LogP contribution in [-0.2, 0) is 27.3 Å². The van der Waals surface area contributed by atoms with Crippen LogP contribution in [0.5, 0.6) is 0 Å². The number of nitrogens with one attached hydrogen (secondary N) is 2. The van der Waals surface area contributed by atoms with Crippen molar-refractivity contribution in [2.45, 2.75) is 69.1 Å². The number of hydrogen-bond acceptors (Lipinski definition) is 6. The molecule has 2 bridgehead atoms. The molecule has 226 valence electrons. The van der Waals surface area contributed by atoms with Crippen molar-refractivity contribution in [3.8, 4) is 11.1 Å². The number of aliphatic hydroxyl groups excluding tert-OH is 1. The van der Waals surface area contributed by atoms with Gasteiger partial charge in [-0.1, -0.05) is 60.7 Å². The molecule has 5 atom stereocenters. The summed E-state index contributed by atoms with van der Waals surface area (Å²) in [6, 6.07) is 28.2. The molecule has 0 spiro atoms. The maximum absolute atomic E-state index is 13.1.